The molecule has 0 bridgehead atoms. The van der Waals surface area contributed by atoms with Crippen LogP contribution in [0.2, 0.25) is 0 Å². The fourth-order valence-electron chi connectivity index (χ4n) is 0.988. The second kappa shape index (κ2) is 8.43. The van der Waals surface area contributed by atoms with Crippen molar-refractivity contribution in [1.82, 2.24) is 5.32 Å². The molecule has 17 heavy (non-hydrogen) atoms. The van der Waals surface area contributed by atoms with Gasteiger partial charge in [-0.15, -0.1) is 0 Å². The highest BCUT2D eigenvalue weighted by molar-refractivity contribution is 6.12. The topological polar surface area (TPSA) is 136 Å². The fraction of sp³-hybridized carbons (Fsp3) is 0.500. The van der Waals surface area contributed by atoms with Crippen molar-refractivity contribution in [3.8, 4) is 0 Å². The predicted molar refractivity (Wildman–Crippen MR) is 60.8 cm³/mol. The van der Waals surface area contributed by atoms with Crippen LogP contribution in [0.1, 0.15) is 19.3 Å². The van der Waals surface area contributed by atoms with Crippen molar-refractivity contribution in [3.63, 3.8) is 0 Å². The van der Waals surface area contributed by atoms with E-state index in [4.69, 9.17) is 16.6 Å². The van der Waals surface area contributed by atoms with E-state index >= 15 is 0 Å². The van der Waals surface area contributed by atoms with Crippen LogP contribution in [0.3, 0.4) is 0 Å². The minimum Gasteiger partial charge on any atom is -0.480 e. The molecule has 0 aromatic rings. The molecule has 0 saturated carbocycles. The van der Waals surface area contributed by atoms with Crippen molar-refractivity contribution in [1.29, 1.82) is 0 Å². The van der Waals surface area contributed by atoms with E-state index in [2.05, 4.69) is 0 Å². The summed E-state index contributed by atoms with van der Waals surface area (Å²) in [6.45, 7) is 0.604. The van der Waals surface area contributed by atoms with Crippen LogP contribution in [0.5, 0.6) is 0 Å². The van der Waals surface area contributed by atoms with Gasteiger partial charge in [-0.2, -0.15) is 0 Å². The molecule has 7 nitrogen and oxygen atoms in total. The Morgan fingerprint density at radius 1 is 1.29 bits per heavy atom. The number of hydrogen-bond donors (Lipinski definition) is 4. The highest BCUT2D eigenvalue weighted by Crippen LogP contribution is 1.96. The van der Waals surface area contributed by atoms with Crippen molar-refractivity contribution in [2.75, 3.05) is 6.54 Å². The lowest BCUT2D eigenvalue weighted by Crippen LogP contribution is -2.29. The maximum Gasteiger partial charge on any atom is 0.320 e. The third kappa shape index (κ3) is 8.12. The number of imide groups is 1. The maximum absolute atomic E-state index is 10.1. The number of nitrogens with one attached hydrogen (secondary N) is 1. The molecular formula is C10H17N3O4. The molecule has 6 N–H and O–H groups in total. The quantitative estimate of drug-likeness (QED) is 0.351. The second-order valence-electron chi connectivity index (χ2n) is 3.42. The lowest BCUT2D eigenvalue weighted by molar-refractivity contribution is -0.138. The largest absolute Gasteiger partial charge is 0.480 e. The summed E-state index contributed by atoms with van der Waals surface area (Å²) in [5, 5.41) is 10.4. The molecular weight excluding hydrogens is 226 g/mol. The Kier molecular flexibility index (Phi) is 7.57. The highest BCUT2D eigenvalue weighted by atomic mass is 16.4. The van der Waals surface area contributed by atoms with E-state index in [0.717, 1.165) is 12.8 Å². The third-order valence-electron chi connectivity index (χ3n) is 1.92. The zero-order chi connectivity index (χ0) is 13.3. The molecule has 0 aromatic carbocycles. The number of amides is 2. The average Bonchev–Trinajstić information content (AvgIpc) is 2.63. The molecule has 2 amide bonds. The Balaban J connectivity index is 0.000000318. The normalized spacial score (nSPS) is 14.9. The molecule has 1 atom stereocenters. The molecule has 0 saturated heterocycles. The van der Waals surface area contributed by atoms with Crippen molar-refractivity contribution >= 4 is 17.8 Å². The van der Waals surface area contributed by atoms with Crippen molar-refractivity contribution in [3.05, 3.63) is 12.2 Å². The van der Waals surface area contributed by atoms with Crippen LogP contribution < -0.4 is 16.8 Å². The zero-order valence-corrected chi connectivity index (χ0v) is 9.39. The smallest absolute Gasteiger partial charge is 0.320 e. The first-order chi connectivity index (χ1) is 7.97. The summed E-state index contributed by atoms with van der Waals surface area (Å²) in [6.07, 6.45) is 4.56. The summed E-state index contributed by atoms with van der Waals surface area (Å²) in [6, 6.07) is -0.716. The number of carboxylic acids is 1. The number of carbonyl (C=O) groups is 3. The molecule has 1 aliphatic rings. The lowest BCUT2D eigenvalue weighted by Gasteiger charge is -2.03. The summed E-state index contributed by atoms with van der Waals surface area (Å²) in [4.78, 5) is 30.2. The van der Waals surface area contributed by atoms with Crippen molar-refractivity contribution in [2.24, 2.45) is 11.5 Å². The third-order valence-corrected chi connectivity index (χ3v) is 1.92. The molecule has 1 unspecified atom stereocenters. The summed E-state index contributed by atoms with van der Waals surface area (Å²) < 4.78 is 0. The lowest BCUT2D eigenvalue weighted by atomic mass is 10.1. The van der Waals surface area contributed by atoms with Crippen LogP contribution >= 0.6 is 0 Å². The Labute approximate surface area is 98.8 Å². The van der Waals surface area contributed by atoms with E-state index in [1.165, 1.54) is 12.2 Å². The summed E-state index contributed by atoms with van der Waals surface area (Å²) in [7, 11) is 0. The predicted octanol–water partition coefficient (Wildman–Crippen LogP) is -1.27. The Morgan fingerprint density at radius 2 is 1.82 bits per heavy atom. The minimum atomic E-state index is -0.933. The molecule has 96 valence electrons. The van der Waals surface area contributed by atoms with Gasteiger partial charge < -0.3 is 16.6 Å². The molecule has 0 radical (unpaired) electrons. The van der Waals surface area contributed by atoms with Crippen LogP contribution in [-0.4, -0.2) is 35.5 Å². The summed E-state index contributed by atoms with van der Waals surface area (Å²) in [5.74, 6) is -1.59. The molecule has 1 heterocycles. The molecule has 7 heteroatoms. The van der Waals surface area contributed by atoms with Gasteiger partial charge in [0.25, 0.3) is 11.8 Å². The first-order valence-electron chi connectivity index (χ1n) is 5.19. The van der Waals surface area contributed by atoms with Gasteiger partial charge in [-0.05, 0) is 19.4 Å². The van der Waals surface area contributed by atoms with Gasteiger partial charge in [0, 0.05) is 12.2 Å². The maximum atomic E-state index is 10.1. The van der Waals surface area contributed by atoms with Crippen LogP contribution in [0, 0.1) is 0 Å². The highest BCUT2D eigenvalue weighted by Gasteiger charge is 2.09. The van der Waals surface area contributed by atoms with Crippen LogP contribution in [0.25, 0.3) is 0 Å². The van der Waals surface area contributed by atoms with Crippen molar-refractivity contribution < 1.29 is 19.5 Å². The Morgan fingerprint density at radius 3 is 2.12 bits per heavy atom. The van der Waals surface area contributed by atoms with Gasteiger partial charge in [-0.3, -0.25) is 19.7 Å². The van der Waals surface area contributed by atoms with E-state index in [1.54, 1.807) is 0 Å². The fourth-order valence-corrected chi connectivity index (χ4v) is 0.988. The first-order valence-corrected chi connectivity index (χ1v) is 5.19. The molecule has 0 fully saturated rings. The number of nitrogens with two attached hydrogens (primary N) is 2. The van der Waals surface area contributed by atoms with Crippen LogP contribution in [-0.2, 0) is 14.4 Å². The van der Waals surface area contributed by atoms with Crippen molar-refractivity contribution in [2.45, 2.75) is 25.3 Å². The number of rotatable bonds is 5. The molecule has 1 rings (SSSR count). The van der Waals surface area contributed by atoms with Gasteiger partial charge in [0.15, 0.2) is 0 Å². The van der Waals surface area contributed by atoms with Gasteiger partial charge in [0.2, 0.25) is 0 Å². The van der Waals surface area contributed by atoms with E-state index in [1.807, 2.05) is 5.32 Å². The average molecular weight is 243 g/mol. The molecule has 0 aliphatic carbocycles. The van der Waals surface area contributed by atoms with Gasteiger partial charge in [-0.1, -0.05) is 6.42 Å². The Bertz CT molecular complexity index is 299. The standard InChI is InChI=1S/C6H14N2O2.C4H3NO2/c7-4-2-1-3-5(8)6(9)10;6-3-1-2-4(7)5-3/h5H,1-4,7-8H2,(H,9,10);1-2H,(H,5,6,7). The zero-order valence-electron chi connectivity index (χ0n) is 9.39. The number of carbonyl (C=O) groups excluding carboxylic acids is 2. The minimum absolute atomic E-state index is 0.329. The first kappa shape index (κ1) is 15.3. The Hall–Kier alpha value is -1.73. The van der Waals surface area contributed by atoms with E-state index in [9.17, 15) is 14.4 Å². The van der Waals surface area contributed by atoms with E-state index < -0.39 is 12.0 Å². The van der Waals surface area contributed by atoms with Gasteiger partial charge in [0.05, 0.1) is 0 Å². The number of aliphatic carboxylic acids is 1. The van der Waals surface area contributed by atoms with E-state index in [0.29, 0.717) is 13.0 Å². The number of unbranched alkanes of at least 4 members (excludes halogenated alkanes) is 1. The monoisotopic (exact) mass is 243 g/mol. The second-order valence-corrected chi connectivity index (χ2v) is 3.42. The van der Waals surface area contributed by atoms with Gasteiger partial charge in [-0.25, -0.2) is 0 Å². The molecule has 0 aromatic heterocycles. The summed E-state index contributed by atoms with van der Waals surface area (Å²) in [5.41, 5.74) is 10.4. The molecule has 0 spiro atoms. The number of carboxylic acid groups (broad SMARTS) is 1. The molecule has 1 aliphatic heterocycles. The SMILES string of the molecule is NCCCCC(N)C(=O)O.O=C1C=CC(=O)N1. The summed E-state index contributed by atoms with van der Waals surface area (Å²) >= 11 is 0. The van der Waals surface area contributed by atoms with Gasteiger partial charge in [0.1, 0.15) is 6.04 Å². The van der Waals surface area contributed by atoms with E-state index in [-0.39, 0.29) is 11.8 Å². The number of hydrogen-bond acceptors (Lipinski definition) is 5. The van der Waals surface area contributed by atoms with Gasteiger partial charge >= 0.3 is 5.97 Å². The van der Waals surface area contributed by atoms with Crippen LogP contribution in [0.15, 0.2) is 12.2 Å². The van der Waals surface area contributed by atoms with Crippen LogP contribution in [0.4, 0.5) is 0 Å².